The molecule has 1 N–H and O–H groups in total. The van der Waals surface area contributed by atoms with Gasteiger partial charge in [-0.25, -0.2) is 0 Å². The van der Waals surface area contributed by atoms with Crippen LogP contribution in [-0.2, 0) is 0 Å². The molecule has 20 heavy (non-hydrogen) atoms. The van der Waals surface area contributed by atoms with Crippen molar-refractivity contribution in [2.24, 2.45) is 0 Å². The molecular weight excluding hydrogens is 254 g/mol. The van der Waals surface area contributed by atoms with Crippen LogP contribution in [0.4, 0.5) is 0 Å². The van der Waals surface area contributed by atoms with Crippen LogP contribution in [0.3, 0.4) is 0 Å². The highest BCUT2D eigenvalue weighted by Gasteiger charge is 2.18. The normalized spacial score (nSPS) is 11.1. The molecule has 0 atom stereocenters. The summed E-state index contributed by atoms with van der Waals surface area (Å²) in [5.41, 5.74) is 0.651. The summed E-state index contributed by atoms with van der Waals surface area (Å²) in [6.07, 6.45) is 1.95. The van der Waals surface area contributed by atoms with Crippen LogP contribution in [0.15, 0.2) is 24.3 Å². The van der Waals surface area contributed by atoms with Gasteiger partial charge in [-0.15, -0.1) is 0 Å². The molecule has 0 aromatic heterocycles. The molecule has 4 nitrogen and oxygen atoms in total. The number of ether oxygens (including phenoxy) is 1. The number of carbonyl (C=O) groups excluding carboxylic acids is 1. The molecule has 0 heterocycles. The number of aliphatic hydroxyl groups is 1. The molecule has 0 saturated carbocycles. The molecule has 0 bridgehead atoms. The number of carbonyl (C=O) groups is 1. The lowest BCUT2D eigenvalue weighted by Crippen LogP contribution is -2.40. The van der Waals surface area contributed by atoms with Crippen LogP contribution >= 0.6 is 0 Å². The van der Waals surface area contributed by atoms with E-state index in [4.69, 9.17) is 9.84 Å². The average molecular weight is 279 g/mol. The number of ketones is 1. The van der Waals surface area contributed by atoms with E-state index in [1.807, 2.05) is 12.1 Å². The zero-order valence-electron chi connectivity index (χ0n) is 12.6. The van der Waals surface area contributed by atoms with Gasteiger partial charge in [0.05, 0.1) is 20.3 Å². The van der Waals surface area contributed by atoms with E-state index in [-0.39, 0.29) is 12.4 Å². The van der Waals surface area contributed by atoms with Crippen molar-refractivity contribution in [3.05, 3.63) is 29.8 Å². The van der Waals surface area contributed by atoms with Crippen LogP contribution in [0.25, 0.3) is 0 Å². The predicted molar refractivity (Wildman–Crippen MR) is 80.4 cm³/mol. The van der Waals surface area contributed by atoms with E-state index in [0.717, 1.165) is 12.8 Å². The molecule has 0 fully saturated rings. The number of rotatable bonds is 9. The molecule has 1 rings (SSSR count). The summed E-state index contributed by atoms with van der Waals surface area (Å²) in [4.78, 5) is 14.4. The fourth-order valence-electron chi connectivity index (χ4n) is 2.40. The zero-order valence-corrected chi connectivity index (χ0v) is 12.6. The second-order valence-corrected chi connectivity index (χ2v) is 4.82. The number of nitrogens with zero attached hydrogens (tertiary/aromatic N) is 1. The third kappa shape index (κ3) is 4.62. The number of methoxy groups -OCH3 is 1. The Labute approximate surface area is 121 Å². The van der Waals surface area contributed by atoms with E-state index in [1.54, 1.807) is 19.2 Å². The van der Waals surface area contributed by atoms with Gasteiger partial charge in [0.25, 0.3) is 0 Å². The lowest BCUT2D eigenvalue weighted by Gasteiger charge is -2.29. The quantitative estimate of drug-likeness (QED) is 0.705. The van der Waals surface area contributed by atoms with E-state index in [1.165, 1.54) is 0 Å². The molecule has 1 aromatic rings. The van der Waals surface area contributed by atoms with Gasteiger partial charge in [0, 0.05) is 18.2 Å². The van der Waals surface area contributed by atoms with E-state index >= 15 is 0 Å². The number of aliphatic hydroxyl groups excluding tert-OH is 1. The molecule has 1 aromatic carbocycles. The Hall–Kier alpha value is -1.39. The van der Waals surface area contributed by atoms with Gasteiger partial charge in [-0.05, 0) is 25.0 Å². The molecule has 112 valence electrons. The lowest BCUT2D eigenvalue weighted by atomic mass is 10.1. The second kappa shape index (κ2) is 8.72. The summed E-state index contributed by atoms with van der Waals surface area (Å²) in [6.45, 7) is 5.15. The van der Waals surface area contributed by atoms with Crippen molar-refractivity contribution in [3.63, 3.8) is 0 Å². The van der Waals surface area contributed by atoms with Gasteiger partial charge in [0.15, 0.2) is 5.78 Å². The van der Waals surface area contributed by atoms with Crippen molar-refractivity contribution in [3.8, 4) is 5.75 Å². The maximum atomic E-state index is 12.4. The molecule has 0 aliphatic rings. The highest BCUT2D eigenvalue weighted by atomic mass is 16.5. The van der Waals surface area contributed by atoms with Crippen LogP contribution in [0.5, 0.6) is 5.75 Å². The topological polar surface area (TPSA) is 49.8 Å². The number of Topliss-reactive ketones (excluding diaryl/α,β-unsaturated/α-hetero) is 1. The molecular formula is C16H25NO3. The first-order chi connectivity index (χ1) is 9.65. The first-order valence-electron chi connectivity index (χ1n) is 7.18. The minimum Gasteiger partial charge on any atom is -0.497 e. The van der Waals surface area contributed by atoms with Crippen molar-refractivity contribution in [1.29, 1.82) is 0 Å². The Bertz CT molecular complexity index is 416. The maximum absolute atomic E-state index is 12.4. The smallest absolute Gasteiger partial charge is 0.176 e. The first kappa shape index (κ1) is 16.7. The second-order valence-electron chi connectivity index (χ2n) is 4.82. The van der Waals surface area contributed by atoms with Crippen molar-refractivity contribution in [2.75, 3.05) is 26.8 Å². The fourth-order valence-corrected chi connectivity index (χ4v) is 2.40. The van der Waals surface area contributed by atoms with Gasteiger partial charge in [-0.2, -0.15) is 0 Å². The van der Waals surface area contributed by atoms with Gasteiger partial charge in [-0.3, -0.25) is 9.69 Å². The van der Waals surface area contributed by atoms with Crippen molar-refractivity contribution >= 4 is 5.78 Å². The van der Waals surface area contributed by atoms with Gasteiger partial charge in [0.1, 0.15) is 5.75 Å². The standard InChI is InChI=1S/C16H25NO3/c1-4-14(5-2)17(9-10-18)12-16(19)13-7-6-8-15(11-13)20-3/h6-8,11,14,18H,4-5,9-10,12H2,1-3H3. The summed E-state index contributed by atoms with van der Waals surface area (Å²) in [7, 11) is 1.59. The Morgan fingerprint density at radius 3 is 2.60 bits per heavy atom. The monoisotopic (exact) mass is 279 g/mol. The first-order valence-corrected chi connectivity index (χ1v) is 7.18. The van der Waals surface area contributed by atoms with Crippen molar-refractivity contribution in [1.82, 2.24) is 4.90 Å². The molecule has 0 radical (unpaired) electrons. The number of hydrogen-bond acceptors (Lipinski definition) is 4. The minimum absolute atomic E-state index is 0.0595. The summed E-state index contributed by atoms with van der Waals surface area (Å²) in [5.74, 6) is 0.747. The third-order valence-electron chi connectivity index (χ3n) is 3.58. The van der Waals surface area contributed by atoms with Crippen LogP contribution in [0.1, 0.15) is 37.0 Å². The minimum atomic E-state index is 0.0595. The average Bonchev–Trinajstić information content (AvgIpc) is 2.48. The molecule has 0 spiro atoms. The summed E-state index contributed by atoms with van der Waals surface area (Å²) >= 11 is 0. The molecule has 0 aliphatic heterocycles. The zero-order chi connectivity index (χ0) is 15.0. The van der Waals surface area contributed by atoms with E-state index in [2.05, 4.69) is 18.7 Å². The number of benzene rings is 1. The van der Waals surface area contributed by atoms with Gasteiger partial charge >= 0.3 is 0 Å². The molecule has 4 heteroatoms. The molecule has 0 aliphatic carbocycles. The highest BCUT2D eigenvalue weighted by Crippen LogP contribution is 2.15. The molecule has 0 unspecified atom stereocenters. The van der Waals surface area contributed by atoms with Crippen molar-refractivity contribution < 1.29 is 14.6 Å². The van der Waals surface area contributed by atoms with E-state index < -0.39 is 0 Å². The number of hydrogen-bond donors (Lipinski definition) is 1. The van der Waals surface area contributed by atoms with Gasteiger partial charge in [0.2, 0.25) is 0 Å². The Morgan fingerprint density at radius 1 is 1.35 bits per heavy atom. The SMILES string of the molecule is CCC(CC)N(CCO)CC(=O)c1cccc(OC)c1. The summed E-state index contributed by atoms with van der Waals surface area (Å²) < 4.78 is 5.14. The Morgan fingerprint density at radius 2 is 2.05 bits per heavy atom. The van der Waals surface area contributed by atoms with Crippen LogP contribution in [-0.4, -0.2) is 48.6 Å². The van der Waals surface area contributed by atoms with Gasteiger partial charge < -0.3 is 9.84 Å². The lowest BCUT2D eigenvalue weighted by molar-refractivity contribution is 0.0850. The highest BCUT2D eigenvalue weighted by molar-refractivity contribution is 5.97. The fraction of sp³-hybridized carbons (Fsp3) is 0.562. The summed E-state index contributed by atoms with van der Waals surface area (Å²) in [6, 6.07) is 7.53. The molecule has 0 saturated heterocycles. The summed E-state index contributed by atoms with van der Waals surface area (Å²) in [5, 5.41) is 9.17. The largest absolute Gasteiger partial charge is 0.497 e. The molecule has 0 amide bonds. The van der Waals surface area contributed by atoms with E-state index in [9.17, 15) is 4.79 Å². The van der Waals surface area contributed by atoms with Crippen LogP contribution in [0, 0.1) is 0 Å². The Balaban J connectivity index is 2.78. The van der Waals surface area contributed by atoms with Gasteiger partial charge in [-0.1, -0.05) is 26.0 Å². The third-order valence-corrected chi connectivity index (χ3v) is 3.58. The Kier molecular flexibility index (Phi) is 7.26. The predicted octanol–water partition coefficient (Wildman–Crippen LogP) is 2.36. The van der Waals surface area contributed by atoms with Crippen LogP contribution in [0.2, 0.25) is 0 Å². The van der Waals surface area contributed by atoms with E-state index in [0.29, 0.717) is 30.4 Å². The van der Waals surface area contributed by atoms with Crippen molar-refractivity contribution in [2.45, 2.75) is 32.7 Å². The van der Waals surface area contributed by atoms with Crippen LogP contribution < -0.4 is 4.74 Å². The maximum Gasteiger partial charge on any atom is 0.176 e.